The quantitative estimate of drug-likeness (QED) is 0.898. The highest BCUT2D eigenvalue weighted by Crippen LogP contribution is 2.23. The van der Waals surface area contributed by atoms with Crippen molar-refractivity contribution in [1.29, 1.82) is 0 Å². The van der Waals surface area contributed by atoms with Crippen molar-refractivity contribution in [2.24, 2.45) is 12.5 Å². The molecule has 0 saturated heterocycles. The van der Waals surface area contributed by atoms with Crippen LogP contribution in [-0.2, 0) is 11.8 Å². The third-order valence-electron chi connectivity index (χ3n) is 2.84. The number of aromatic nitrogens is 2. The lowest BCUT2D eigenvalue weighted by atomic mass is 9.95. The average molecular weight is 257 g/mol. The maximum absolute atomic E-state index is 12.0. The van der Waals surface area contributed by atoms with Gasteiger partial charge in [-0.1, -0.05) is 32.9 Å². The molecule has 1 aromatic heterocycles. The molecule has 1 N–H and O–H groups in total. The molecule has 1 aromatic carbocycles. The van der Waals surface area contributed by atoms with E-state index in [2.05, 4.69) is 10.4 Å². The first kappa shape index (κ1) is 13.3. The summed E-state index contributed by atoms with van der Waals surface area (Å²) in [5.41, 5.74) is 2.49. The third kappa shape index (κ3) is 3.22. The Morgan fingerprint density at radius 1 is 1.26 bits per heavy atom. The van der Waals surface area contributed by atoms with E-state index in [1.165, 1.54) is 0 Å². The Kier molecular flexibility index (Phi) is 3.42. The SMILES string of the molecule is Cn1cc(-c2cccc(NC(=O)C(C)(C)C)c2)cn1. The zero-order valence-electron chi connectivity index (χ0n) is 11.8. The molecule has 19 heavy (non-hydrogen) atoms. The van der Waals surface area contributed by atoms with E-state index >= 15 is 0 Å². The second kappa shape index (κ2) is 4.88. The summed E-state index contributed by atoms with van der Waals surface area (Å²) in [6, 6.07) is 7.79. The van der Waals surface area contributed by atoms with E-state index in [9.17, 15) is 4.79 Å². The number of nitrogens with zero attached hydrogens (tertiary/aromatic N) is 2. The van der Waals surface area contributed by atoms with Crippen LogP contribution in [0.15, 0.2) is 36.7 Å². The average Bonchev–Trinajstić information content (AvgIpc) is 2.75. The number of aryl methyl sites for hydroxylation is 1. The molecule has 0 fully saturated rings. The number of anilines is 1. The highest BCUT2D eigenvalue weighted by Gasteiger charge is 2.21. The van der Waals surface area contributed by atoms with Crippen LogP contribution in [0.4, 0.5) is 5.69 Å². The van der Waals surface area contributed by atoms with Crippen molar-refractivity contribution >= 4 is 11.6 Å². The van der Waals surface area contributed by atoms with Crippen molar-refractivity contribution in [3.05, 3.63) is 36.7 Å². The number of carbonyl (C=O) groups is 1. The van der Waals surface area contributed by atoms with Crippen LogP contribution in [0.25, 0.3) is 11.1 Å². The highest BCUT2D eigenvalue weighted by molar-refractivity contribution is 5.95. The summed E-state index contributed by atoms with van der Waals surface area (Å²) >= 11 is 0. The molecule has 1 heterocycles. The van der Waals surface area contributed by atoms with E-state index in [1.807, 2.05) is 64.5 Å². The van der Waals surface area contributed by atoms with E-state index in [4.69, 9.17) is 0 Å². The smallest absolute Gasteiger partial charge is 0.229 e. The van der Waals surface area contributed by atoms with Gasteiger partial charge in [-0.05, 0) is 17.7 Å². The van der Waals surface area contributed by atoms with Crippen molar-refractivity contribution in [3.63, 3.8) is 0 Å². The van der Waals surface area contributed by atoms with E-state index < -0.39 is 5.41 Å². The molecule has 2 aromatic rings. The van der Waals surface area contributed by atoms with Gasteiger partial charge < -0.3 is 5.32 Å². The fourth-order valence-corrected chi connectivity index (χ4v) is 1.67. The van der Waals surface area contributed by atoms with Gasteiger partial charge in [-0.3, -0.25) is 9.48 Å². The number of rotatable bonds is 2. The predicted molar refractivity (Wildman–Crippen MR) is 76.7 cm³/mol. The van der Waals surface area contributed by atoms with Gasteiger partial charge in [0.1, 0.15) is 0 Å². The molecule has 4 heteroatoms. The Labute approximate surface area is 113 Å². The Bertz CT molecular complexity index is 593. The van der Waals surface area contributed by atoms with E-state index in [1.54, 1.807) is 4.68 Å². The minimum Gasteiger partial charge on any atom is -0.326 e. The van der Waals surface area contributed by atoms with E-state index in [0.29, 0.717) is 0 Å². The van der Waals surface area contributed by atoms with Crippen LogP contribution in [0, 0.1) is 5.41 Å². The molecule has 4 nitrogen and oxygen atoms in total. The number of hydrogen-bond acceptors (Lipinski definition) is 2. The standard InChI is InChI=1S/C15H19N3O/c1-15(2,3)14(19)17-13-7-5-6-11(8-13)12-9-16-18(4)10-12/h5-10H,1-4H3,(H,17,19). The van der Waals surface area contributed by atoms with Gasteiger partial charge in [-0.15, -0.1) is 0 Å². The van der Waals surface area contributed by atoms with Crippen molar-refractivity contribution < 1.29 is 4.79 Å². The van der Waals surface area contributed by atoms with Crippen molar-refractivity contribution in [3.8, 4) is 11.1 Å². The van der Waals surface area contributed by atoms with E-state index in [0.717, 1.165) is 16.8 Å². The number of carbonyl (C=O) groups excluding carboxylic acids is 1. The molecule has 100 valence electrons. The Morgan fingerprint density at radius 2 is 2.00 bits per heavy atom. The van der Waals surface area contributed by atoms with Gasteiger partial charge >= 0.3 is 0 Å². The Balaban J connectivity index is 2.23. The lowest BCUT2D eigenvalue weighted by Gasteiger charge is -2.17. The topological polar surface area (TPSA) is 46.9 Å². The van der Waals surface area contributed by atoms with Crippen LogP contribution in [0.5, 0.6) is 0 Å². The van der Waals surface area contributed by atoms with Gasteiger partial charge in [0.15, 0.2) is 0 Å². The van der Waals surface area contributed by atoms with Crippen LogP contribution in [-0.4, -0.2) is 15.7 Å². The lowest BCUT2D eigenvalue weighted by molar-refractivity contribution is -0.123. The van der Waals surface area contributed by atoms with Gasteiger partial charge in [0, 0.05) is 29.9 Å². The number of hydrogen-bond donors (Lipinski definition) is 1. The van der Waals surface area contributed by atoms with Gasteiger partial charge in [-0.25, -0.2) is 0 Å². The van der Waals surface area contributed by atoms with Crippen LogP contribution in [0.2, 0.25) is 0 Å². The van der Waals surface area contributed by atoms with Gasteiger partial charge in [0.2, 0.25) is 5.91 Å². The normalized spacial score (nSPS) is 11.4. The molecule has 0 bridgehead atoms. The molecule has 0 unspecified atom stereocenters. The van der Waals surface area contributed by atoms with Crippen molar-refractivity contribution in [1.82, 2.24) is 9.78 Å². The summed E-state index contributed by atoms with van der Waals surface area (Å²) in [5, 5.41) is 7.08. The maximum atomic E-state index is 12.0. The summed E-state index contributed by atoms with van der Waals surface area (Å²) < 4.78 is 1.76. The molecule has 2 rings (SSSR count). The number of nitrogens with one attached hydrogen (secondary N) is 1. The first-order valence-electron chi connectivity index (χ1n) is 6.27. The van der Waals surface area contributed by atoms with Crippen molar-refractivity contribution in [2.45, 2.75) is 20.8 Å². The van der Waals surface area contributed by atoms with Crippen molar-refractivity contribution in [2.75, 3.05) is 5.32 Å². The summed E-state index contributed by atoms with van der Waals surface area (Å²) in [7, 11) is 1.88. The number of benzene rings is 1. The Hall–Kier alpha value is -2.10. The predicted octanol–water partition coefficient (Wildman–Crippen LogP) is 3.07. The van der Waals surface area contributed by atoms with Crippen LogP contribution >= 0.6 is 0 Å². The zero-order chi connectivity index (χ0) is 14.0. The summed E-state index contributed by atoms with van der Waals surface area (Å²) in [6.45, 7) is 5.69. The van der Waals surface area contributed by atoms with Crippen LogP contribution < -0.4 is 5.32 Å². The highest BCUT2D eigenvalue weighted by atomic mass is 16.2. The first-order chi connectivity index (χ1) is 8.86. The molecular formula is C15H19N3O. The molecule has 0 spiro atoms. The lowest BCUT2D eigenvalue weighted by Crippen LogP contribution is -2.27. The molecular weight excluding hydrogens is 238 g/mol. The fraction of sp³-hybridized carbons (Fsp3) is 0.333. The van der Waals surface area contributed by atoms with Gasteiger partial charge in [0.25, 0.3) is 0 Å². The van der Waals surface area contributed by atoms with Crippen LogP contribution in [0.3, 0.4) is 0 Å². The summed E-state index contributed by atoms with van der Waals surface area (Å²) in [4.78, 5) is 12.0. The van der Waals surface area contributed by atoms with Gasteiger partial charge in [-0.2, -0.15) is 5.10 Å². The van der Waals surface area contributed by atoms with E-state index in [-0.39, 0.29) is 5.91 Å². The molecule has 1 amide bonds. The first-order valence-corrected chi connectivity index (χ1v) is 6.27. The molecule has 0 aliphatic rings. The molecule has 0 saturated carbocycles. The second-order valence-corrected chi connectivity index (χ2v) is 5.69. The van der Waals surface area contributed by atoms with Crippen LogP contribution in [0.1, 0.15) is 20.8 Å². The minimum atomic E-state index is -0.399. The minimum absolute atomic E-state index is 0.0100. The fourth-order valence-electron chi connectivity index (χ4n) is 1.67. The molecule has 0 atom stereocenters. The third-order valence-corrected chi connectivity index (χ3v) is 2.84. The summed E-state index contributed by atoms with van der Waals surface area (Å²) in [5.74, 6) is 0.0100. The maximum Gasteiger partial charge on any atom is 0.229 e. The molecule has 0 radical (unpaired) electrons. The summed E-state index contributed by atoms with van der Waals surface area (Å²) in [6.07, 6.45) is 3.76. The zero-order valence-corrected chi connectivity index (χ0v) is 11.8. The van der Waals surface area contributed by atoms with Gasteiger partial charge in [0.05, 0.1) is 6.20 Å². The molecule has 0 aliphatic heterocycles. The Morgan fingerprint density at radius 3 is 2.58 bits per heavy atom. The largest absolute Gasteiger partial charge is 0.326 e. The number of amides is 1. The molecule has 0 aliphatic carbocycles. The monoisotopic (exact) mass is 257 g/mol. The second-order valence-electron chi connectivity index (χ2n) is 5.69.